The quantitative estimate of drug-likeness (QED) is 0.801. The predicted octanol–water partition coefficient (Wildman–Crippen LogP) is 3.21. The number of nitrogens with two attached hydrogens (primary N) is 1. The number of hydrogen-bond acceptors (Lipinski definition) is 3. The molecule has 0 aliphatic heterocycles. The standard InChI is InChI=1S/C17H24N4/c1-13-6-8-15(9-7-13)21-17(14-4-2-5-14)16(12-20-21)19-11-3-10-18/h6-9,12,14,19H,2-5,10-11,18H2,1H3. The average molecular weight is 284 g/mol. The summed E-state index contributed by atoms with van der Waals surface area (Å²) < 4.78 is 2.11. The normalized spacial score (nSPS) is 15.0. The van der Waals surface area contributed by atoms with Crippen molar-refractivity contribution in [2.24, 2.45) is 5.73 Å². The van der Waals surface area contributed by atoms with E-state index in [-0.39, 0.29) is 0 Å². The lowest BCUT2D eigenvalue weighted by molar-refractivity contribution is 0.404. The Morgan fingerprint density at radius 3 is 2.67 bits per heavy atom. The molecule has 1 fully saturated rings. The molecule has 0 saturated heterocycles. The van der Waals surface area contributed by atoms with Crippen LogP contribution in [0.1, 0.15) is 42.9 Å². The molecule has 0 spiro atoms. The summed E-state index contributed by atoms with van der Waals surface area (Å²) in [4.78, 5) is 0. The van der Waals surface area contributed by atoms with Gasteiger partial charge >= 0.3 is 0 Å². The molecular formula is C17H24N4. The first kappa shape index (κ1) is 14.1. The van der Waals surface area contributed by atoms with Gasteiger partial charge in [0.2, 0.25) is 0 Å². The van der Waals surface area contributed by atoms with E-state index >= 15 is 0 Å². The van der Waals surface area contributed by atoms with Gasteiger partial charge in [0.1, 0.15) is 0 Å². The third-order valence-corrected chi connectivity index (χ3v) is 4.27. The molecule has 1 aliphatic carbocycles. The number of nitrogens with zero attached hydrogens (tertiary/aromatic N) is 2. The van der Waals surface area contributed by atoms with Crippen LogP contribution in [0.4, 0.5) is 5.69 Å². The Labute approximate surface area is 126 Å². The molecule has 1 aromatic heterocycles. The van der Waals surface area contributed by atoms with E-state index in [1.807, 2.05) is 6.20 Å². The summed E-state index contributed by atoms with van der Waals surface area (Å²) in [5.41, 5.74) is 10.5. The average Bonchev–Trinajstić information content (AvgIpc) is 2.82. The molecule has 1 heterocycles. The Morgan fingerprint density at radius 2 is 2.05 bits per heavy atom. The van der Waals surface area contributed by atoms with Gasteiger partial charge < -0.3 is 11.1 Å². The number of benzene rings is 1. The van der Waals surface area contributed by atoms with E-state index in [9.17, 15) is 0 Å². The van der Waals surface area contributed by atoms with Crippen LogP contribution in [0, 0.1) is 6.92 Å². The Kier molecular flexibility index (Phi) is 4.25. The van der Waals surface area contributed by atoms with Crippen LogP contribution in [0.25, 0.3) is 5.69 Å². The van der Waals surface area contributed by atoms with Crippen LogP contribution in [-0.4, -0.2) is 22.9 Å². The largest absolute Gasteiger partial charge is 0.382 e. The predicted molar refractivity (Wildman–Crippen MR) is 87.1 cm³/mol. The number of nitrogens with one attached hydrogen (secondary N) is 1. The molecule has 0 radical (unpaired) electrons. The van der Waals surface area contributed by atoms with Gasteiger partial charge in [-0.25, -0.2) is 4.68 Å². The molecule has 112 valence electrons. The monoisotopic (exact) mass is 284 g/mol. The van der Waals surface area contributed by atoms with Crippen molar-refractivity contribution in [3.8, 4) is 5.69 Å². The van der Waals surface area contributed by atoms with Crippen LogP contribution in [0.5, 0.6) is 0 Å². The van der Waals surface area contributed by atoms with Crippen LogP contribution in [0.2, 0.25) is 0 Å². The van der Waals surface area contributed by atoms with Gasteiger partial charge in [-0.1, -0.05) is 24.1 Å². The first-order chi connectivity index (χ1) is 10.3. The van der Waals surface area contributed by atoms with Gasteiger partial charge in [-0.15, -0.1) is 0 Å². The van der Waals surface area contributed by atoms with Crippen molar-refractivity contribution in [2.75, 3.05) is 18.4 Å². The molecule has 0 amide bonds. The van der Waals surface area contributed by atoms with Gasteiger partial charge in [-0.2, -0.15) is 5.10 Å². The molecule has 0 bridgehead atoms. The van der Waals surface area contributed by atoms with Crippen LogP contribution >= 0.6 is 0 Å². The number of rotatable bonds is 6. The third-order valence-electron chi connectivity index (χ3n) is 4.27. The number of hydrogen-bond donors (Lipinski definition) is 2. The number of aryl methyl sites for hydroxylation is 1. The number of anilines is 1. The first-order valence-corrected chi connectivity index (χ1v) is 7.88. The molecule has 0 unspecified atom stereocenters. The molecule has 21 heavy (non-hydrogen) atoms. The minimum Gasteiger partial charge on any atom is -0.382 e. The fourth-order valence-corrected chi connectivity index (χ4v) is 2.79. The topological polar surface area (TPSA) is 55.9 Å². The molecule has 4 heteroatoms. The zero-order valence-corrected chi connectivity index (χ0v) is 12.7. The van der Waals surface area contributed by atoms with Gasteiger partial charge in [0.25, 0.3) is 0 Å². The second-order valence-corrected chi connectivity index (χ2v) is 5.89. The Hall–Kier alpha value is -1.81. The van der Waals surface area contributed by atoms with Crippen molar-refractivity contribution < 1.29 is 0 Å². The van der Waals surface area contributed by atoms with E-state index in [4.69, 9.17) is 5.73 Å². The highest BCUT2D eigenvalue weighted by atomic mass is 15.3. The van der Waals surface area contributed by atoms with Gasteiger partial charge in [0.15, 0.2) is 0 Å². The van der Waals surface area contributed by atoms with Crippen molar-refractivity contribution in [3.05, 3.63) is 41.7 Å². The van der Waals surface area contributed by atoms with Crippen molar-refractivity contribution in [3.63, 3.8) is 0 Å². The SMILES string of the molecule is Cc1ccc(-n2ncc(NCCCN)c2C2CCC2)cc1. The second kappa shape index (κ2) is 6.31. The molecular weight excluding hydrogens is 260 g/mol. The highest BCUT2D eigenvalue weighted by Crippen LogP contribution is 2.40. The number of aromatic nitrogens is 2. The van der Waals surface area contributed by atoms with Crippen LogP contribution in [0.15, 0.2) is 30.5 Å². The van der Waals surface area contributed by atoms with Gasteiger partial charge in [-0.3, -0.25) is 0 Å². The van der Waals surface area contributed by atoms with Crippen molar-refractivity contribution >= 4 is 5.69 Å². The summed E-state index contributed by atoms with van der Waals surface area (Å²) in [6.07, 6.45) is 6.81. The Balaban J connectivity index is 1.90. The van der Waals surface area contributed by atoms with E-state index in [1.54, 1.807) is 0 Å². The molecule has 1 aliphatic rings. The van der Waals surface area contributed by atoms with Gasteiger partial charge in [-0.05, 0) is 44.9 Å². The molecule has 3 rings (SSSR count). The van der Waals surface area contributed by atoms with Crippen molar-refractivity contribution in [1.82, 2.24) is 9.78 Å². The minimum absolute atomic E-state index is 0.633. The fraction of sp³-hybridized carbons (Fsp3) is 0.471. The van der Waals surface area contributed by atoms with Crippen molar-refractivity contribution in [2.45, 2.75) is 38.5 Å². The molecule has 2 aromatic rings. The second-order valence-electron chi connectivity index (χ2n) is 5.89. The molecule has 0 atom stereocenters. The highest BCUT2D eigenvalue weighted by Gasteiger charge is 2.27. The smallest absolute Gasteiger partial charge is 0.0766 e. The molecule has 4 nitrogen and oxygen atoms in total. The van der Waals surface area contributed by atoms with Crippen LogP contribution in [-0.2, 0) is 0 Å². The van der Waals surface area contributed by atoms with Gasteiger partial charge in [0, 0.05) is 12.5 Å². The zero-order chi connectivity index (χ0) is 14.7. The maximum Gasteiger partial charge on any atom is 0.0766 e. The maximum atomic E-state index is 5.58. The first-order valence-electron chi connectivity index (χ1n) is 7.88. The lowest BCUT2D eigenvalue weighted by atomic mass is 9.82. The summed E-state index contributed by atoms with van der Waals surface area (Å²) in [6.45, 7) is 3.74. The maximum absolute atomic E-state index is 5.58. The Morgan fingerprint density at radius 1 is 1.29 bits per heavy atom. The fourth-order valence-electron chi connectivity index (χ4n) is 2.79. The summed E-state index contributed by atoms with van der Waals surface area (Å²) in [6, 6.07) is 8.58. The van der Waals surface area contributed by atoms with E-state index < -0.39 is 0 Å². The van der Waals surface area contributed by atoms with Gasteiger partial charge in [0.05, 0.1) is 23.3 Å². The lowest BCUT2D eigenvalue weighted by Crippen LogP contribution is -2.17. The third kappa shape index (κ3) is 2.95. The molecule has 1 saturated carbocycles. The summed E-state index contributed by atoms with van der Waals surface area (Å²) in [5.74, 6) is 0.633. The molecule has 3 N–H and O–H groups in total. The van der Waals surface area contributed by atoms with Crippen LogP contribution in [0.3, 0.4) is 0 Å². The highest BCUT2D eigenvalue weighted by molar-refractivity contribution is 5.52. The van der Waals surface area contributed by atoms with E-state index in [0.29, 0.717) is 5.92 Å². The minimum atomic E-state index is 0.633. The van der Waals surface area contributed by atoms with E-state index in [1.165, 1.54) is 36.2 Å². The summed E-state index contributed by atoms with van der Waals surface area (Å²) >= 11 is 0. The van der Waals surface area contributed by atoms with Crippen LogP contribution < -0.4 is 11.1 Å². The van der Waals surface area contributed by atoms with E-state index in [0.717, 1.165) is 25.2 Å². The van der Waals surface area contributed by atoms with E-state index in [2.05, 4.69) is 46.3 Å². The zero-order valence-electron chi connectivity index (χ0n) is 12.7. The summed E-state index contributed by atoms with van der Waals surface area (Å²) in [5, 5.41) is 8.12. The lowest BCUT2D eigenvalue weighted by Gasteiger charge is -2.27. The van der Waals surface area contributed by atoms with Crippen molar-refractivity contribution in [1.29, 1.82) is 0 Å². The molecule has 1 aromatic carbocycles. The summed E-state index contributed by atoms with van der Waals surface area (Å²) in [7, 11) is 0. The Bertz CT molecular complexity index is 581.